The third-order valence-corrected chi connectivity index (χ3v) is 9.48. The van der Waals surface area contributed by atoms with Crippen LogP contribution >= 0.6 is 0 Å². The van der Waals surface area contributed by atoms with E-state index < -0.39 is 0 Å². The largest absolute Gasteiger partial charge is 0.309 e. The van der Waals surface area contributed by atoms with Crippen LogP contribution < -0.4 is 0 Å². The molecule has 0 saturated heterocycles. The molecule has 4 heteroatoms. The van der Waals surface area contributed by atoms with E-state index in [9.17, 15) is 0 Å². The number of nitrogens with zero attached hydrogens (tertiary/aromatic N) is 4. The highest BCUT2D eigenvalue weighted by Gasteiger charge is 2.23. The maximum absolute atomic E-state index is 5.30. The second-order valence-corrected chi connectivity index (χ2v) is 11.7. The summed E-state index contributed by atoms with van der Waals surface area (Å²) in [6.45, 7) is 0. The quantitative estimate of drug-likeness (QED) is 0.201. The number of fused-ring (bicyclic) bond motifs is 13. The van der Waals surface area contributed by atoms with Crippen molar-refractivity contribution in [2.45, 2.75) is 0 Å². The minimum Gasteiger partial charge on any atom is -0.309 e. The van der Waals surface area contributed by atoms with Gasteiger partial charge in [-0.3, -0.25) is 8.80 Å². The van der Waals surface area contributed by atoms with E-state index in [1.807, 2.05) is 0 Å². The van der Waals surface area contributed by atoms with Crippen LogP contribution in [0.15, 0.2) is 133 Å². The molecule has 4 aromatic heterocycles. The molecular weight excluding hydrogens is 524 g/mol. The van der Waals surface area contributed by atoms with Crippen molar-refractivity contribution >= 4 is 87.5 Å². The first-order chi connectivity index (χ1) is 21.3. The lowest BCUT2D eigenvalue weighted by Gasteiger charge is -2.09. The second kappa shape index (κ2) is 7.50. The molecule has 0 spiro atoms. The van der Waals surface area contributed by atoms with E-state index in [1.54, 1.807) is 0 Å². The summed E-state index contributed by atoms with van der Waals surface area (Å²) in [6, 6.07) is 48.7. The summed E-state index contributed by atoms with van der Waals surface area (Å²) in [5.74, 6) is 0.954. The monoisotopic (exact) mass is 546 g/mol. The highest BCUT2D eigenvalue weighted by Crippen LogP contribution is 2.41. The first-order valence-corrected chi connectivity index (χ1v) is 14.7. The Morgan fingerprint density at radius 1 is 0.395 bits per heavy atom. The van der Waals surface area contributed by atoms with Crippen LogP contribution in [0, 0.1) is 0 Å². The SMILES string of the molecule is c1ccc2cc3c(cc2c1)nc1n3c2cc(-n3c4ccccc4c4ccccc43)cc3c4cc5ccccc5cc4n1c32. The highest BCUT2D eigenvalue weighted by molar-refractivity contribution is 6.20. The predicted octanol–water partition coefficient (Wildman–Crippen LogP) is 9.89. The Morgan fingerprint density at radius 3 is 1.67 bits per heavy atom. The number of hydrogen-bond donors (Lipinski definition) is 0. The van der Waals surface area contributed by atoms with Gasteiger partial charge in [0.2, 0.25) is 5.78 Å². The summed E-state index contributed by atoms with van der Waals surface area (Å²) >= 11 is 0. The molecule has 0 unspecified atom stereocenters. The van der Waals surface area contributed by atoms with E-state index in [0.717, 1.165) is 22.5 Å². The van der Waals surface area contributed by atoms with Crippen LogP contribution in [-0.2, 0) is 0 Å². The maximum atomic E-state index is 5.30. The van der Waals surface area contributed by atoms with Gasteiger partial charge in [-0.25, -0.2) is 4.98 Å². The molecule has 0 radical (unpaired) electrons. The Balaban J connectivity index is 1.40. The van der Waals surface area contributed by atoms with E-state index in [-0.39, 0.29) is 0 Å². The van der Waals surface area contributed by atoms with Crippen molar-refractivity contribution in [1.29, 1.82) is 0 Å². The van der Waals surface area contributed by atoms with Crippen molar-refractivity contribution < 1.29 is 0 Å². The molecule has 0 aliphatic carbocycles. The van der Waals surface area contributed by atoms with Crippen LogP contribution in [0.25, 0.3) is 93.2 Å². The molecule has 198 valence electrons. The molecule has 0 bridgehead atoms. The van der Waals surface area contributed by atoms with Crippen molar-refractivity contribution in [3.8, 4) is 5.69 Å². The number of benzene rings is 7. The zero-order valence-corrected chi connectivity index (χ0v) is 23.0. The first kappa shape index (κ1) is 21.8. The Labute approximate surface area is 244 Å². The Hall–Kier alpha value is -5.87. The molecule has 43 heavy (non-hydrogen) atoms. The van der Waals surface area contributed by atoms with Crippen LogP contribution in [0.4, 0.5) is 0 Å². The van der Waals surface area contributed by atoms with Crippen LogP contribution in [0.5, 0.6) is 0 Å². The molecule has 11 rings (SSSR count). The summed E-state index contributed by atoms with van der Waals surface area (Å²) in [7, 11) is 0. The van der Waals surface area contributed by atoms with Gasteiger partial charge in [0.05, 0.1) is 38.6 Å². The Bertz CT molecular complexity index is 2900. The lowest BCUT2D eigenvalue weighted by molar-refractivity contribution is 1.18. The van der Waals surface area contributed by atoms with Gasteiger partial charge in [-0.15, -0.1) is 0 Å². The van der Waals surface area contributed by atoms with E-state index >= 15 is 0 Å². The Morgan fingerprint density at radius 2 is 0.977 bits per heavy atom. The van der Waals surface area contributed by atoms with Gasteiger partial charge in [0.15, 0.2) is 0 Å². The van der Waals surface area contributed by atoms with Gasteiger partial charge in [-0.1, -0.05) is 84.9 Å². The minimum absolute atomic E-state index is 0.954. The number of rotatable bonds is 1. The van der Waals surface area contributed by atoms with E-state index in [0.29, 0.717) is 0 Å². The van der Waals surface area contributed by atoms with Gasteiger partial charge in [0.1, 0.15) is 0 Å². The van der Waals surface area contributed by atoms with Crippen LogP contribution in [0.1, 0.15) is 0 Å². The van der Waals surface area contributed by atoms with Crippen molar-refractivity contribution in [3.63, 3.8) is 0 Å². The molecule has 4 heterocycles. The van der Waals surface area contributed by atoms with Crippen molar-refractivity contribution in [2.75, 3.05) is 0 Å². The molecule has 0 amide bonds. The van der Waals surface area contributed by atoms with Crippen molar-refractivity contribution in [2.24, 2.45) is 0 Å². The molecule has 0 aliphatic rings. The second-order valence-electron chi connectivity index (χ2n) is 11.7. The van der Waals surface area contributed by atoms with Gasteiger partial charge >= 0.3 is 0 Å². The molecule has 0 aliphatic heterocycles. The summed E-state index contributed by atoms with van der Waals surface area (Å²) in [6.07, 6.45) is 0. The standard InChI is InChI=1S/C39H22N4/c1-3-11-25-19-35-30(17-23(25)9-1)31-21-27(41-33-15-7-5-13-28(33)29-14-6-8-16-34(29)41)22-37-38(31)43(35)39-40-32-18-24-10-2-4-12-26(24)20-36(32)42(37)39/h1-22H. The Kier molecular flexibility index (Phi) is 3.80. The maximum Gasteiger partial charge on any atom is 0.220 e. The molecule has 0 fully saturated rings. The number of aromatic nitrogens is 4. The van der Waals surface area contributed by atoms with Crippen molar-refractivity contribution in [3.05, 3.63) is 133 Å². The molecule has 11 aromatic rings. The predicted molar refractivity (Wildman–Crippen MR) is 179 cm³/mol. The van der Waals surface area contributed by atoms with Crippen LogP contribution in [-0.4, -0.2) is 18.4 Å². The van der Waals surface area contributed by atoms with Crippen LogP contribution in [0.2, 0.25) is 0 Å². The van der Waals surface area contributed by atoms with Crippen LogP contribution in [0.3, 0.4) is 0 Å². The lowest BCUT2D eigenvalue weighted by atomic mass is 10.1. The van der Waals surface area contributed by atoms with Crippen molar-refractivity contribution in [1.82, 2.24) is 18.4 Å². The van der Waals surface area contributed by atoms with Gasteiger partial charge < -0.3 is 4.57 Å². The molecule has 0 N–H and O–H groups in total. The molecule has 0 saturated carbocycles. The topological polar surface area (TPSA) is 26.6 Å². The van der Waals surface area contributed by atoms with Gasteiger partial charge in [-0.2, -0.15) is 0 Å². The number of para-hydroxylation sites is 2. The van der Waals surface area contributed by atoms with E-state index in [1.165, 1.54) is 70.7 Å². The molecule has 7 aromatic carbocycles. The molecule has 4 nitrogen and oxygen atoms in total. The fraction of sp³-hybridized carbons (Fsp3) is 0. The third kappa shape index (κ3) is 2.65. The molecule has 0 atom stereocenters. The third-order valence-electron chi connectivity index (χ3n) is 9.48. The first-order valence-electron chi connectivity index (χ1n) is 14.7. The molecular formula is C39H22N4. The summed E-state index contributed by atoms with van der Waals surface area (Å²) < 4.78 is 7.18. The average Bonchev–Trinajstić information content (AvgIpc) is 3.77. The smallest absolute Gasteiger partial charge is 0.220 e. The van der Waals surface area contributed by atoms with E-state index in [2.05, 4.69) is 147 Å². The number of hydrogen-bond acceptors (Lipinski definition) is 1. The van der Waals surface area contributed by atoms with E-state index in [4.69, 9.17) is 4.98 Å². The fourth-order valence-corrected chi connectivity index (χ4v) is 7.64. The zero-order chi connectivity index (χ0) is 27.8. The zero-order valence-electron chi connectivity index (χ0n) is 23.0. The van der Waals surface area contributed by atoms with Gasteiger partial charge in [-0.05, 0) is 70.1 Å². The van der Waals surface area contributed by atoms with Gasteiger partial charge in [0, 0.05) is 27.2 Å². The summed E-state index contributed by atoms with van der Waals surface area (Å²) in [4.78, 5) is 5.30. The minimum atomic E-state index is 0.954. The summed E-state index contributed by atoms with van der Waals surface area (Å²) in [5.41, 5.74) is 9.29. The average molecular weight is 547 g/mol. The highest BCUT2D eigenvalue weighted by atomic mass is 15.2. The number of imidazole rings is 2. The summed E-state index contributed by atoms with van der Waals surface area (Å²) in [5, 5.41) is 9.94. The van der Waals surface area contributed by atoms with Gasteiger partial charge in [0.25, 0.3) is 0 Å². The normalized spacial score (nSPS) is 12.7. The lowest BCUT2D eigenvalue weighted by Crippen LogP contribution is -1.94. The fourth-order valence-electron chi connectivity index (χ4n) is 7.64.